The summed E-state index contributed by atoms with van der Waals surface area (Å²) in [6.07, 6.45) is 1.92. The number of carbonyl (C=O) groups is 1. The Bertz CT molecular complexity index is 1380. The van der Waals surface area contributed by atoms with E-state index >= 15 is 0 Å². The molecule has 0 atom stereocenters. The number of hydrogen-bond acceptors (Lipinski definition) is 6. The molecule has 8 heteroatoms. The molecule has 0 radical (unpaired) electrons. The number of urea groups is 1. The Morgan fingerprint density at radius 1 is 0.919 bits per heavy atom. The van der Waals surface area contributed by atoms with E-state index in [0.29, 0.717) is 22.9 Å². The van der Waals surface area contributed by atoms with Gasteiger partial charge in [-0.15, -0.1) is 0 Å². The van der Waals surface area contributed by atoms with Gasteiger partial charge in [-0.3, -0.25) is 9.88 Å². The second-order valence-electron chi connectivity index (χ2n) is 8.78. The summed E-state index contributed by atoms with van der Waals surface area (Å²) in [5, 5.41) is 7.81. The van der Waals surface area contributed by atoms with Crippen LogP contribution in [0.5, 0.6) is 11.5 Å². The highest BCUT2D eigenvalue weighted by Crippen LogP contribution is 2.34. The Morgan fingerprint density at radius 3 is 2.41 bits per heavy atom. The number of hydrogen-bond donors (Lipinski definition) is 2. The number of benzene rings is 3. The lowest BCUT2D eigenvalue weighted by Crippen LogP contribution is -2.35. The van der Waals surface area contributed by atoms with E-state index in [1.165, 1.54) is 0 Å². The van der Waals surface area contributed by atoms with E-state index in [9.17, 15) is 4.79 Å². The fourth-order valence-corrected chi connectivity index (χ4v) is 4.50. The van der Waals surface area contributed by atoms with Crippen LogP contribution in [0.1, 0.15) is 5.69 Å². The Kier molecular flexibility index (Phi) is 7.49. The Hall–Kier alpha value is -4.14. The van der Waals surface area contributed by atoms with Crippen LogP contribution in [0.3, 0.4) is 0 Å². The highest BCUT2D eigenvalue weighted by atomic mass is 16.5. The lowest BCUT2D eigenvalue weighted by atomic mass is 9.98. The number of pyridine rings is 1. The summed E-state index contributed by atoms with van der Waals surface area (Å²) in [7, 11) is 3.13. The Labute approximate surface area is 216 Å². The molecule has 3 aromatic carbocycles. The summed E-state index contributed by atoms with van der Waals surface area (Å²) in [6, 6.07) is 21.0. The minimum atomic E-state index is -0.365. The first kappa shape index (κ1) is 24.5. The van der Waals surface area contributed by atoms with Gasteiger partial charge in [0.25, 0.3) is 0 Å². The standard InChI is InChI=1S/C29H30N4O4/c1-35-22-9-11-27(28(17-22)36-2)32-29(34)31-26-12-10-23(24-5-3-4-6-25(24)26)20-7-8-21(30-18-20)19-33-13-15-37-16-14-33/h3-12,17-18H,13-16,19H2,1-2H3,(H2,31,32,34). The second-order valence-corrected chi connectivity index (χ2v) is 8.78. The van der Waals surface area contributed by atoms with E-state index < -0.39 is 0 Å². The first-order chi connectivity index (χ1) is 18.1. The molecule has 1 saturated heterocycles. The molecular weight excluding hydrogens is 468 g/mol. The second kappa shape index (κ2) is 11.3. The molecule has 0 bridgehead atoms. The van der Waals surface area contributed by atoms with Crippen molar-refractivity contribution < 1.29 is 19.0 Å². The number of rotatable bonds is 7. The largest absolute Gasteiger partial charge is 0.497 e. The average Bonchev–Trinajstić information content (AvgIpc) is 2.94. The van der Waals surface area contributed by atoms with E-state index in [-0.39, 0.29) is 6.03 Å². The van der Waals surface area contributed by atoms with Crippen molar-refractivity contribution in [2.75, 3.05) is 51.2 Å². The van der Waals surface area contributed by atoms with Crippen molar-refractivity contribution in [3.8, 4) is 22.6 Å². The normalized spacial score (nSPS) is 13.8. The molecule has 0 aliphatic carbocycles. The first-order valence-electron chi connectivity index (χ1n) is 12.2. The van der Waals surface area contributed by atoms with Crippen LogP contribution in [0.2, 0.25) is 0 Å². The number of amides is 2. The topological polar surface area (TPSA) is 85.0 Å². The third-order valence-electron chi connectivity index (χ3n) is 6.45. The van der Waals surface area contributed by atoms with Crippen molar-refractivity contribution in [1.29, 1.82) is 0 Å². The third-order valence-corrected chi connectivity index (χ3v) is 6.45. The zero-order chi connectivity index (χ0) is 25.6. The number of nitrogens with one attached hydrogen (secondary N) is 2. The zero-order valence-electron chi connectivity index (χ0n) is 21.0. The van der Waals surface area contributed by atoms with Gasteiger partial charge in [-0.25, -0.2) is 4.79 Å². The molecule has 1 fully saturated rings. The molecule has 1 aromatic heterocycles. The third kappa shape index (κ3) is 5.66. The summed E-state index contributed by atoms with van der Waals surface area (Å²) >= 11 is 0. The smallest absolute Gasteiger partial charge is 0.323 e. The van der Waals surface area contributed by atoms with Crippen molar-refractivity contribution in [3.63, 3.8) is 0 Å². The van der Waals surface area contributed by atoms with Crippen LogP contribution < -0.4 is 20.1 Å². The Morgan fingerprint density at radius 2 is 1.68 bits per heavy atom. The van der Waals surface area contributed by atoms with Gasteiger partial charge < -0.3 is 24.8 Å². The number of aromatic nitrogens is 1. The van der Waals surface area contributed by atoms with Crippen LogP contribution in [0, 0.1) is 0 Å². The molecule has 1 aliphatic heterocycles. The first-order valence-corrected chi connectivity index (χ1v) is 12.2. The summed E-state index contributed by atoms with van der Waals surface area (Å²) in [5.74, 6) is 1.16. The van der Waals surface area contributed by atoms with Gasteiger partial charge in [0.1, 0.15) is 11.5 Å². The molecule has 5 rings (SSSR count). The molecule has 2 N–H and O–H groups in total. The molecule has 2 heterocycles. The quantitative estimate of drug-likeness (QED) is 0.355. The fraction of sp³-hybridized carbons (Fsp3) is 0.241. The molecule has 0 spiro atoms. The lowest BCUT2D eigenvalue weighted by molar-refractivity contribution is 0.0336. The van der Waals surface area contributed by atoms with Crippen LogP contribution >= 0.6 is 0 Å². The summed E-state index contributed by atoms with van der Waals surface area (Å²) < 4.78 is 16.1. The van der Waals surface area contributed by atoms with E-state index in [0.717, 1.165) is 60.4 Å². The molecule has 8 nitrogen and oxygen atoms in total. The minimum Gasteiger partial charge on any atom is -0.497 e. The van der Waals surface area contributed by atoms with Crippen molar-refractivity contribution >= 4 is 28.2 Å². The van der Waals surface area contributed by atoms with Crippen LogP contribution in [0.4, 0.5) is 16.2 Å². The summed E-state index contributed by atoms with van der Waals surface area (Å²) in [4.78, 5) is 19.9. The highest BCUT2D eigenvalue weighted by molar-refractivity contribution is 6.10. The molecule has 190 valence electrons. The molecule has 0 unspecified atom stereocenters. The molecular formula is C29H30N4O4. The molecule has 37 heavy (non-hydrogen) atoms. The Balaban J connectivity index is 1.35. The zero-order valence-corrected chi connectivity index (χ0v) is 21.0. The maximum atomic E-state index is 12.9. The van der Waals surface area contributed by atoms with Gasteiger partial charge >= 0.3 is 6.03 Å². The summed E-state index contributed by atoms with van der Waals surface area (Å²) in [6.45, 7) is 4.23. The van der Waals surface area contributed by atoms with Gasteiger partial charge in [0.2, 0.25) is 0 Å². The van der Waals surface area contributed by atoms with E-state index in [1.54, 1.807) is 32.4 Å². The molecule has 0 saturated carbocycles. The lowest BCUT2D eigenvalue weighted by Gasteiger charge is -2.26. The number of anilines is 2. The molecule has 2 amide bonds. The van der Waals surface area contributed by atoms with E-state index in [2.05, 4.69) is 33.7 Å². The van der Waals surface area contributed by atoms with Gasteiger partial charge in [-0.1, -0.05) is 36.4 Å². The number of fused-ring (bicyclic) bond motifs is 1. The highest BCUT2D eigenvalue weighted by Gasteiger charge is 2.14. The number of nitrogens with zero attached hydrogens (tertiary/aromatic N) is 2. The predicted octanol–water partition coefficient (Wildman–Crippen LogP) is 5.40. The number of morpholine rings is 1. The van der Waals surface area contributed by atoms with Crippen molar-refractivity contribution in [2.45, 2.75) is 6.54 Å². The van der Waals surface area contributed by atoms with Crippen LogP contribution in [0.25, 0.3) is 21.9 Å². The monoisotopic (exact) mass is 498 g/mol. The van der Waals surface area contributed by atoms with Gasteiger partial charge in [0.15, 0.2) is 0 Å². The van der Waals surface area contributed by atoms with Gasteiger partial charge in [-0.05, 0) is 35.2 Å². The van der Waals surface area contributed by atoms with Crippen molar-refractivity contribution in [2.24, 2.45) is 0 Å². The van der Waals surface area contributed by atoms with Gasteiger partial charge in [0, 0.05) is 42.8 Å². The van der Waals surface area contributed by atoms with Crippen molar-refractivity contribution in [3.05, 3.63) is 78.6 Å². The minimum absolute atomic E-state index is 0.365. The van der Waals surface area contributed by atoms with Crippen LogP contribution in [0.15, 0.2) is 72.9 Å². The van der Waals surface area contributed by atoms with Crippen LogP contribution in [-0.2, 0) is 11.3 Å². The average molecular weight is 499 g/mol. The SMILES string of the molecule is COc1ccc(NC(=O)Nc2ccc(-c3ccc(CN4CCOCC4)nc3)c3ccccc23)c(OC)c1. The number of methoxy groups -OCH3 is 2. The fourth-order valence-electron chi connectivity index (χ4n) is 4.50. The van der Waals surface area contributed by atoms with E-state index in [4.69, 9.17) is 19.2 Å². The number of ether oxygens (including phenoxy) is 3. The summed E-state index contributed by atoms with van der Waals surface area (Å²) in [5.41, 5.74) is 4.38. The van der Waals surface area contributed by atoms with Gasteiger partial charge in [0.05, 0.1) is 44.5 Å². The van der Waals surface area contributed by atoms with Crippen molar-refractivity contribution in [1.82, 2.24) is 9.88 Å². The maximum absolute atomic E-state index is 12.9. The number of carbonyl (C=O) groups excluding carboxylic acids is 1. The predicted molar refractivity (Wildman–Crippen MR) is 145 cm³/mol. The van der Waals surface area contributed by atoms with E-state index in [1.807, 2.05) is 36.5 Å². The van der Waals surface area contributed by atoms with Gasteiger partial charge in [-0.2, -0.15) is 0 Å². The van der Waals surface area contributed by atoms with Crippen LogP contribution in [-0.4, -0.2) is 56.4 Å². The molecule has 1 aliphatic rings. The maximum Gasteiger partial charge on any atom is 0.323 e. The molecule has 4 aromatic rings.